The van der Waals surface area contributed by atoms with E-state index in [1.54, 1.807) is 19.1 Å². The summed E-state index contributed by atoms with van der Waals surface area (Å²) in [5, 5.41) is 10.4. The third-order valence-electron chi connectivity index (χ3n) is 3.37. The van der Waals surface area contributed by atoms with Crippen LogP contribution in [0, 0.1) is 11.7 Å². The van der Waals surface area contributed by atoms with Gasteiger partial charge in [0.1, 0.15) is 5.82 Å². The quantitative estimate of drug-likeness (QED) is 0.930. The first-order valence-electron chi connectivity index (χ1n) is 5.73. The number of benzene rings is 1. The van der Waals surface area contributed by atoms with Gasteiger partial charge in [-0.3, -0.25) is 0 Å². The third kappa shape index (κ3) is 3.06. The first-order chi connectivity index (χ1) is 7.99. The number of hydrogen-bond donors (Lipinski definition) is 1. The Morgan fingerprint density at radius 3 is 3.00 bits per heavy atom. The van der Waals surface area contributed by atoms with Crippen molar-refractivity contribution in [2.24, 2.45) is 5.92 Å². The second-order valence-electron chi connectivity index (χ2n) is 4.83. The summed E-state index contributed by atoms with van der Waals surface area (Å²) in [5.41, 5.74) is -0.380. The SMILES string of the molecule is CC(O)(Cc1cc(Br)ccc1F)C1CCOC1. The normalized spacial score (nSPS) is 23.6. The Labute approximate surface area is 109 Å². The van der Waals surface area contributed by atoms with Crippen molar-refractivity contribution in [1.29, 1.82) is 0 Å². The van der Waals surface area contributed by atoms with E-state index in [-0.39, 0.29) is 11.7 Å². The Kier molecular flexibility index (Phi) is 3.85. The minimum atomic E-state index is -0.919. The lowest BCUT2D eigenvalue weighted by Gasteiger charge is -2.29. The van der Waals surface area contributed by atoms with Crippen LogP contribution in [0.2, 0.25) is 0 Å². The highest BCUT2D eigenvalue weighted by atomic mass is 79.9. The molecule has 4 heteroatoms. The van der Waals surface area contributed by atoms with Crippen LogP contribution < -0.4 is 0 Å². The van der Waals surface area contributed by atoms with E-state index >= 15 is 0 Å². The minimum Gasteiger partial charge on any atom is -0.389 e. The molecule has 0 aromatic heterocycles. The van der Waals surface area contributed by atoms with Crippen molar-refractivity contribution in [3.63, 3.8) is 0 Å². The Hall–Kier alpha value is -0.450. The van der Waals surface area contributed by atoms with Crippen molar-refractivity contribution < 1.29 is 14.2 Å². The summed E-state index contributed by atoms with van der Waals surface area (Å²) in [6.45, 7) is 3.00. The number of halogens is 2. The lowest BCUT2D eigenvalue weighted by molar-refractivity contribution is -0.00519. The number of rotatable bonds is 3. The zero-order chi connectivity index (χ0) is 12.5. The monoisotopic (exact) mass is 302 g/mol. The number of ether oxygens (including phenoxy) is 1. The van der Waals surface area contributed by atoms with Crippen molar-refractivity contribution in [1.82, 2.24) is 0 Å². The van der Waals surface area contributed by atoms with E-state index in [0.29, 0.717) is 25.2 Å². The van der Waals surface area contributed by atoms with E-state index in [9.17, 15) is 9.50 Å². The van der Waals surface area contributed by atoms with Gasteiger partial charge in [-0.1, -0.05) is 15.9 Å². The van der Waals surface area contributed by atoms with Crippen molar-refractivity contribution in [3.05, 3.63) is 34.1 Å². The van der Waals surface area contributed by atoms with Crippen LogP contribution in [0.4, 0.5) is 4.39 Å². The topological polar surface area (TPSA) is 29.5 Å². The smallest absolute Gasteiger partial charge is 0.126 e. The maximum Gasteiger partial charge on any atom is 0.126 e. The molecule has 1 aromatic rings. The van der Waals surface area contributed by atoms with Gasteiger partial charge in [0.15, 0.2) is 0 Å². The van der Waals surface area contributed by atoms with Crippen LogP contribution >= 0.6 is 15.9 Å². The van der Waals surface area contributed by atoms with Gasteiger partial charge in [0.05, 0.1) is 12.2 Å². The fraction of sp³-hybridized carbons (Fsp3) is 0.538. The van der Waals surface area contributed by atoms with Crippen LogP contribution in [0.15, 0.2) is 22.7 Å². The molecule has 94 valence electrons. The fourth-order valence-corrected chi connectivity index (χ4v) is 2.64. The zero-order valence-electron chi connectivity index (χ0n) is 9.75. The van der Waals surface area contributed by atoms with E-state index in [2.05, 4.69) is 15.9 Å². The molecule has 0 bridgehead atoms. The van der Waals surface area contributed by atoms with Crippen LogP contribution in [0.3, 0.4) is 0 Å². The second-order valence-corrected chi connectivity index (χ2v) is 5.75. The van der Waals surface area contributed by atoms with E-state index in [0.717, 1.165) is 10.9 Å². The van der Waals surface area contributed by atoms with Gasteiger partial charge in [-0.2, -0.15) is 0 Å². The predicted octanol–water partition coefficient (Wildman–Crippen LogP) is 2.92. The standard InChI is InChI=1S/C13H16BrFO2/c1-13(16,10-4-5-17-8-10)7-9-6-11(14)2-3-12(9)15/h2-3,6,10,16H,4-5,7-8H2,1H3. The van der Waals surface area contributed by atoms with Crippen LogP contribution in [-0.2, 0) is 11.2 Å². The van der Waals surface area contributed by atoms with Crippen molar-refractivity contribution in [2.75, 3.05) is 13.2 Å². The summed E-state index contributed by atoms with van der Waals surface area (Å²) in [6.07, 6.45) is 1.15. The first-order valence-corrected chi connectivity index (χ1v) is 6.52. The van der Waals surface area contributed by atoms with Crippen molar-refractivity contribution >= 4 is 15.9 Å². The molecule has 17 heavy (non-hydrogen) atoms. The first kappa shape index (κ1) is 13.0. The highest BCUT2D eigenvalue weighted by Crippen LogP contribution is 2.30. The molecule has 0 spiro atoms. The highest BCUT2D eigenvalue weighted by Gasteiger charge is 2.35. The second kappa shape index (κ2) is 5.04. The lowest BCUT2D eigenvalue weighted by Crippen LogP contribution is -2.37. The Morgan fingerprint density at radius 2 is 2.35 bits per heavy atom. The molecule has 1 saturated heterocycles. The van der Waals surface area contributed by atoms with Gasteiger partial charge in [0.25, 0.3) is 0 Å². The van der Waals surface area contributed by atoms with E-state index in [4.69, 9.17) is 4.74 Å². The largest absolute Gasteiger partial charge is 0.389 e. The van der Waals surface area contributed by atoms with Crippen molar-refractivity contribution in [2.45, 2.75) is 25.4 Å². The molecule has 2 nitrogen and oxygen atoms in total. The zero-order valence-corrected chi connectivity index (χ0v) is 11.3. The van der Waals surface area contributed by atoms with Gasteiger partial charge in [-0.15, -0.1) is 0 Å². The summed E-state index contributed by atoms with van der Waals surface area (Å²) in [4.78, 5) is 0. The van der Waals surface area contributed by atoms with Gasteiger partial charge < -0.3 is 9.84 Å². The molecular formula is C13H16BrFO2. The average Bonchev–Trinajstić information content (AvgIpc) is 2.77. The van der Waals surface area contributed by atoms with Crippen LogP contribution in [0.1, 0.15) is 18.9 Å². The summed E-state index contributed by atoms with van der Waals surface area (Å²) < 4.78 is 19.7. The molecule has 0 aliphatic carbocycles. The minimum absolute atomic E-state index is 0.0841. The molecule has 2 atom stereocenters. The summed E-state index contributed by atoms with van der Waals surface area (Å²) in [6, 6.07) is 4.80. The van der Waals surface area contributed by atoms with Gasteiger partial charge in [0.2, 0.25) is 0 Å². The molecule has 1 N–H and O–H groups in total. The third-order valence-corrected chi connectivity index (χ3v) is 3.86. The number of hydrogen-bond acceptors (Lipinski definition) is 2. The van der Waals surface area contributed by atoms with Crippen molar-refractivity contribution in [3.8, 4) is 0 Å². The lowest BCUT2D eigenvalue weighted by atomic mass is 9.83. The summed E-state index contributed by atoms with van der Waals surface area (Å²) in [7, 11) is 0. The number of aliphatic hydroxyl groups is 1. The predicted molar refractivity (Wildman–Crippen MR) is 67.4 cm³/mol. The van der Waals surface area contributed by atoms with Gasteiger partial charge >= 0.3 is 0 Å². The molecule has 2 rings (SSSR count). The van der Waals surface area contributed by atoms with E-state index in [1.165, 1.54) is 6.07 Å². The molecule has 2 unspecified atom stereocenters. The molecule has 1 fully saturated rings. The molecule has 0 saturated carbocycles. The van der Waals surface area contributed by atoms with Crippen LogP contribution in [0.25, 0.3) is 0 Å². The molecule has 1 aliphatic heterocycles. The molecule has 1 aromatic carbocycles. The molecule has 0 radical (unpaired) electrons. The summed E-state index contributed by atoms with van der Waals surface area (Å²) >= 11 is 3.31. The van der Waals surface area contributed by atoms with Crippen LogP contribution in [0.5, 0.6) is 0 Å². The average molecular weight is 303 g/mol. The van der Waals surface area contributed by atoms with E-state index < -0.39 is 5.60 Å². The van der Waals surface area contributed by atoms with E-state index in [1.807, 2.05) is 0 Å². The summed E-state index contributed by atoms with van der Waals surface area (Å²) in [5.74, 6) is -0.187. The Balaban J connectivity index is 2.15. The maximum atomic E-state index is 13.6. The Bertz CT molecular complexity index is 400. The van der Waals surface area contributed by atoms with Crippen LogP contribution in [-0.4, -0.2) is 23.9 Å². The highest BCUT2D eigenvalue weighted by molar-refractivity contribution is 9.10. The molecule has 1 aliphatic rings. The molecule has 0 amide bonds. The molecule has 1 heterocycles. The fourth-order valence-electron chi connectivity index (χ4n) is 2.23. The Morgan fingerprint density at radius 1 is 1.59 bits per heavy atom. The van der Waals surface area contributed by atoms with Gasteiger partial charge in [0, 0.05) is 23.4 Å². The van der Waals surface area contributed by atoms with Gasteiger partial charge in [-0.05, 0) is 37.1 Å². The maximum absolute atomic E-state index is 13.6. The van der Waals surface area contributed by atoms with Gasteiger partial charge in [-0.25, -0.2) is 4.39 Å². The molecular weight excluding hydrogens is 287 g/mol.